The Hall–Kier alpha value is -2.00. The van der Waals surface area contributed by atoms with Gasteiger partial charge in [-0.2, -0.15) is 0 Å². The monoisotopic (exact) mass is 428 g/mol. The highest BCUT2D eigenvalue weighted by Crippen LogP contribution is 2.41. The zero-order valence-electron chi connectivity index (χ0n) is 18.9. The number of nitrogens with two attached hydrogens (primary N) is 1. The summed E-state index contributed by atoms with van der Waals surface area (Å²) < 4.78 is 0. The first-order valence-electron chi connectivity index (χ1n) is 11.5. The van der Waals surface area contributed by atoms with Crippen LogP contribution < -0.4 is 26.3 Å². The first-order valence-corrected chi connectivity index (χ1v) is 11.5. The number of nitrogens with one attached hydrogen (secondary N) is 2. The van der Waals surface area contributed by atoms with Gasteiger partial charge in [-0.1, -0.05) is 6.07 Å². The second-order valence-corrected chi connectivity index (χ2v) is 9.34. The molecule has 2 amide bonds. The maximum absolute atomic E-state index is 13.0. The van der Waals surface area contributed by atoms with Crippen LogP contribution in [0.25, 0.3) is 0 Å². The molecule has 1 aromatic carbocycles. The molecule has 1 aliphatic carbocycles. The summed E-state index contributed by atoms with van der Waals surface area (Å²) in [6.07, 6.45) is 3.07. The van der Waals surface area contributed by atoms with Crippen LogP contribution in [0.2, 0.25) is 0 Å². The SMILES string of the molecule is CC(=O)N1c2ccc(C(CN)CNCC3CCN(C)N3)cc2N(C(=O)C2CC2)C[C@@H]1C. The number of amides is 2. The number of carbonyl (C=O) groups is 2. The summed E-state index contributed by atoms with van der Waals surface area (Å²) in [5.74, 6) is 0.474. The van der Waals surface area contributed by atoms with E-state index in [1.54, 1.807) is 6.92 Å². The molecular formula is C23H36N6O2. The van der Waals surface area contributed by atoms with Gasteiger partial charge in [-0.25, -0.2) is 5.01 Å². The summed E-state index contributed by atoms with van der Waals surface area (Å²) in [4.78, 5) is 29.1. The predicted octanol–water partition coefficient (Wildman–Crippen LogP) is 1.03. The summed E-state index contributed by atoms with van der Waals surface area (Å²) >= 11 is 0. The van der Waals surface area contributed by atoms with Crippen molar-refractivity contribution >= 4 is 23.2 Å². The Morgan fingerprint density at radius 1 is 1.26 bits per heavy atom. The number of hydrazine groups is 1. The van der Waals surface area contributed by atoms with Crippen molar-refractivity contribution in [3.63, 3.8) is 0 Å². The maximum atomic E-state index is 13.0. The molecule has 170 valence electrons. The van der Waals surface area contributed by atoms with Gasteiger partial charge in [0.15, 0.2) is 0 Å². The van der Waals surface area contributed by atoms with Crippen molar-refractivity contribution in [1.29, 1.82) is 0 Å². The molecule has 0 aromatic heterocycles. The highest BCUT2D eigenvalue weighted by atomic mass is 16.2. The predicted molar refractivity (Wildman–Crippen MR) is 123 cm³/mol. The molecule has 2 aliphatic heterocycles. The minimum atomic E-state index is -0.0393. The van der Waals surface area contributed by atoms with Gasteiger partial charge in [0.1, 0.15) is 0 Å². The Labute approximate surface area is 185 Å². The number of benzene rings is 1. The van der Waals surface area contributed by atoms with E-state index >= 15 is 0 Å². The molecule has 3 atom stereocenters. The third kappa shape index (κ3) is 4.77. The van der Waals surface area contributed by atoms with Gasteiger partial charge in [0.2, 0.25) is 11.8 Å². The lowest BCUT2D eigenvalue weighted by Gasteiger charge is -2.41. The van der Waals surface area contributed by atoms with Gasteiger partial charge in [-0.3, -0.25) is 15.0 Å². The molecule has 0 spiro atoms. The van der Waals surface area contributed by atoms with Crippen molar-refractivity contribution < 1.29 is 9.59 Å². The number of hydrogen-bond acceptors (Lipinski definition) is 6. The molecule has 8 heteroatoms. The van der Waals surface area contributed by atoms with Crippen LogP contribution in [-0.2, 0) is 9.59 Å². The standard InChI is InChI=1S/C23H36N6O2/c1-15-14-28(23(31)17-4-5-17)22-10-18(6-7-21(22)29(15)16(2)30)19(11-24)12-25-13-20-8-9-27(3)26-20/h6-7,10,15,17,19-20,25-26H,4-5,8-9,11-14,24H2,1-3H3/t15-,19?,20?/m0/s1. The summed E-state index contributed by atoms with van der Waals surface area (Å²) in [5, 5.41) is 5.69. The van der Waals surface area contributed by atoms with Crippen molar-refractivity contribution in [1.82, 2.24) is 15.8 Å². The molecule has 1 aromatic rings. The number of nitrogens with zero attached hydrogens (tertiary/aromatic N) is 3. The van der Waals surface area contributed by atoms with Crippen molar-refractivity contribution in [2.45, 2.75) is 51.1 Å². The molecule has 2 heterocycles. The van der Waals surface area contributed by atoms with Gasteiger partial charge in [0.05, 0.1) is 17.4 Å². The Morgan fingerprint density at radius 3 is 2.65 bits per heavy atom. The highest BCUT2D eigenvalue weighted by Gasteiger charge is 2.39. The molecule has 4 rings (SSSR count). The van der Waals surface area contributed by atoms with Gasteiger partial charge in [0.25, 0.3) is 0 Å². The first kappa shape index (κ1) is 22.2. The first-order chi connectivity index (χ1) is 14.9. The van der Waals surface area contributed by atoms with E-state index in [1.807, 2.05) is 22.8 Å². The average molecular weight is 429 g/mol. The summed E-state index contributed by atoms with van der Waals surface area (Å²) in [7, 11) is 2.07. The lowest BCUT2D eigenvalue weighted by molar-refractivity contribution is -0.120. The molecule has 8 nitrogen and oxygen atoms in total. The second-order valence-electron chi connectivity index (χ2n) is 9.34. The highest BCUT2D eigenvalue weighted by molar-refractivity contribution is 6.05. The lowest BCUT2D eigenvalue weighted by Crippen LogP contribution is -2.51. The third-order valence-corrected chi connectivity index (χ3v) is 6.72. The molecule has 1 saturated heterocycles. The van der Waals surface area contributed by atoms with Crippen molar-refractivity contribution in [3.05, 3.63) is 23.8 Å². The van der Waals surface area contributed by atoms with Crippen LogP contribution in [0.5, 0.6) is 0 Å². The number of carbonyl (C=O) groups excluding carboxylic acids is 2. The number of rotatable bonds is 7. The van der Waals surface area contributed by atoms with E-state index in [2.05, 4.69) is 34.9 Å². The molecular weight excluding hydrogens is 392 g/mol. The molecule has 0 bridgehead atoms. The topological polar surface area (TPSA) is 93.9 Å². The van der Waals surface area contributed by atoms with Crippen LogP contribution in [0.3, 0.4) is 0 Å². The maximum Gasteiger partial charge on any atom is 0.230 e. The van der Waals surface area contributed by atoms with Gasteiger partial charge < -0.3 is 20.9 Å². The minimum Gasteiger partial charge on any atom is -0.330 e. The van der Waals surface area contributed by atoms with E-state index in [1.165, 1.54) is 0 Å². The van der Waals surface area contributed by atoms with E-state index in [4.69, 9.17) is 5.73 Å². The van der Waals surface area contributed by atoms with E-state index in [9.17, 15) is 9.59 Å². The van der Waals surface area contributed by atoms with Gasteiger partial charge >= 0.3 is 0 Å². The Balaban J connectivity index is 1.54. The van der Waals surface area contributed by atoms with Crippen LogP contribution in [-0.4, -0.2) is 68.7 Å². The normalized spacial score (nSPS) is 24.9. The Kier molecular flexibility index (Phi) is 6.62. The molecule has 0 radical (unpaired) electrons. The number of fused-ring (bicyclic) bond motifs is 1. The van der Waals surface area contributed by atoms with Gasteiger partial charge in [-0.05, 0) is 43.9 Å². The average Bonchev–Trinajstić information content (AvgIpc) is 3.51. The lowest BCUT2D eigenvalue weighted by atomic mass is 9.95. The largest absolute Gasteiger partial charge is 0.330 e. The molecule has 4 N–H and O–H groups in total. The molecule has 2 fully saturated rings. The molecule has 3 aliphatic rings. The van der Waals surface area contributed by atoms with Crippen molar-refractivity contribution in [3.8, 4) is 0 Å². The zero-order chi connectivity index (χ0) is 22.1. The van der Waals surface area contributed by atoms with Crippen molar-refractivity contribution in [2.75, 3.05) is 49.6 Å². The van der Waals surface area contributed by atoms with Crippen LogP contribution in [0.15, 0.2) is 18.2 Å². The quantitative estimate of drug-likeness (QED) is 0.601. The smallest absolute Gasteiger partial charge is 0.230 e. The van der Waals surface area contributed by atoms with E-state index in [0.717, 1.165) is 55.8 Å². The Morgan fingerprint density at radius 2 is 2.03 bits per heavy atom. The second kappa shape index (κ2) is 9.24. The third-order valence-electron chi connectivity index (χ3n) is 6.72. The van der Waals surface area contributed by atoms with Crippen LogP contribution in [0.4, 0.5) is 11.4 Å². The van der Waals surface area contributed by atoms with Crippen molar-refractivity contribution in [2.24, 2.45) is 11.7 Å². The summed E-state index contributed by atoms with van der Waals surface area (Å²) in [6.45, 7) is 7.40. The minimum absolute atomic E-state index is 0.00564. The van der Waals surface area contributed by atoms with E-state index in [0.29, 0.717) is 19.1 Å². The molecule has 31 heavy (non-hydrogen) atoms. The zero-order valence-corrected chi connectivity index (χ0v) is 18.9. The summed E-state index contributed by atoms with van der Waals surface area (Å²) in [5.41, 5.74) is 12.4. The number of anilines is 2. The fraction of sp³-hybridized carbons (Fsp3) is 0.652. The van der Waals surface area contributed by atoms with Crippen LogP contribution in [0, 0.1) is 5.92 Å². The molecule has 2 unspecified atom stereocenters. The van der Waals surface area contributed by atoms with E-state index < -0.39 is 0 Å². The van der Waals surface area contributed by atoms with Gasteiger partial charge in [-0.15, -0.1) is 0 Å². The van der Waals surface area contributed by atoms with Crippen LogP contribution >= 0.6 is 0 Å². The van der Waals surface area contributed by atoms with E-state index in [-0.39, 0.29) is 29.7 Å². The number of hydrogen-bond donors (Lipinski definition) is 3. The fourth-order valence-corrected chi connectivity index (χ4v) is 4.84. The Bertz CT molecular complexity index is 826. The van der Waals surface area contributed by atoms with Gasteiger partial charge in [0, 0.05) is 64.6 Å². The fourth-order valence-electron chi connectivity index (χ4n) is 4.84. The summed E-state index contributed by atoms with van der Waals surface area (Å²) in [6, 6.07) is 6.54. The van der Waals surface area contributed by atoms with Crippen LogP contribution in [0.1, 0.15) is 44.6 Å². The molecule has 1 saturated carbocycles.